The molecular formula is C14H21NO2S. The van der Waals surface area contributed by atoms with Crippen LogP contribution in [-0.2, 0) is 11.2 Å². The first kappa shape index (κ1) is 13.5. The van der Waals surface area contributed by atoms with Gasteiger partial charge in [-0.05, 0) is 31.6 Å². The van der Waals surface area contributed by atoms with Crippen LogP contribution in [0.2, 0.25) is 0 Å². The minimum Gasteiger partial charge on any atom is -0.481 e. The van der Waals surface area contributed by atoms with Gasteiger partial charge in [0.1, 0.15) is 0 Å². The van der Waals surface area contributed by atoms with Gasteiger partial charge in [-0.2, -0.15) is 0 Å². The fraction of sp³-hybridized carbons (Fsp3) is 0.714. The monoisotopic (exact) mass is 267 g/mol. The van der Waals surface area contributed by atoms with Gasteiger partial charge in [-0.25, -0.2) is 4.98 Å². The lowest BCUT2D eigenvalue weighted by atomic mass is 9.81. The van der Waals surface area contributed by atoms with E-state index in [1.807, 2.05) is 0 Å². The Balaban J connectivity index is 1.93. The summed E-state index contributed by atoms with van der Waals surface area (Å²) in [5.74, 6) is 0.367. The van der Waals surface area contributed by atoms with Crippen molar-refractivity contribution in [3.05, 3.63) is 16.1 Å². The largest absolute Gasteiger partial charge is 0.481 e. The van der Waals surface area contributed by atoms with Gasteiger partial charge in [0.25, 0.3) is 0 Å². The molecule has 100 valence electrons. The third-order valence-electron chi connectivity index (χ3n) is 3.65. The van der Waals surface area contributed by atoms with Gasteiger partial charge in [0.2, 0.25) is 0 Å². The molecule has 0 aliphatic heterocycles. The fourth-order valence-electron chi connectivity index (χ4n) is 2.59. The van der Waals surface area contributed by atoms with Crippen LogP contribution in [-0.4, -0.2) is 16.1 Å². The van der Waals surface area contributed by atoms with E-state index in [2.05, 4.69) is 19.2 Å². The van der Waals surface area contributed by atoms with E-state index in [9.17, 15) is 4.79 Å². The molecule has 0 amide bonds. The van der Waals surface area contributed by atoms with Crippen LogP contribution >= 0.6 is 11.3 Å². The highest BCUT2D eigenvalue weighted by molar-refractivity contribution is 7.09. The van der Waals surface area contributed by atoms with Gasteiger partial charge in [-0.3, -0.25) is 4.79 Å². The van der Waals surface area contributed by atoms with Crippen molar-refractivity contribution in [2.75, 3.05) is 0 Å². The molecule has 2 rings (SSSR count). The van der Waals surface area contributed by atoms with Gasteiger partial charge in [-0.15, -0.1) is 11.3 Å². The summed E-state index contributed by atoms with van der Waals surface area (Å²) in [4.78, 5) is 15.6. The lowest BCUT2D eigenvalue weighted by Gasteiger charge is -2.24. The number of nitrogens with zero attached hydrogens (tertiary/aromatic N) is 1. The molecule has 0 atom stereocenters. The summed E-state index contributed by atoms with van der Waals surface area (Å²) in [7, 11) is 0. The molecule has 0 unspecified atom stereocenters. The van der Waals surface area contributed by atoms with E-state index in [1.165, 1.54) is 10.7 Å². The maximum absolute atomic E-state index is 10.9. The summed E-state index contributed by atoms with van der Waals surface area (Å²) in [5, 5.41) is 12.4. The number of aliphatic carboxylic acids is 1. The smallest absolute Gasteiger partial charge is 0.306 e. The van der Waals surface area contributed by atoms with Crippen molar-refractivity contribution in [1.29, 1.82) is 0 Å². The van der Waals surface area contributed by atoms with Crippen molar-refractivity contribution in [2.45, 2.75) is 51.9 Å². The van der Waals surface area contributed by atoms with Gasteiger partial charge in [0, 0.05) is 17.7 Å². The van der Waals surface area contributed by atoms with Gasteiger partial charge >= 0.3 is 5.97 Å². The Labute approximate surface area is 112 Å². The minimum absolute atomic E-state index is 0.130. The molecule has 3 nitrogen and oxygen atoms in total. The number of carbonyl (C=O) groups is 1. The number of carboxylic acid groups (broad SMARTS) is 1. The van der Waals surface area contributed by atoms with E-state index < -0.39 is 5.97 Å². The van der Waals surface area contributed by atoms with E-state index in [1.54, 1.807) is 11.3 Å². The fourth-order valence-corrected chi connectivity index (χ4v) is 3.68. The predicted molar refractivity (Wildman–Crippen MR) is 73.0 cm³/mol. The second-order valence-corrected chi connectivity index (χ2v) is 6.59. The Hall–Kier alpha value is -0.900. The molecule has 1 saturated carbocycles. The zero-order chi connectivity index (χ0) is 13.1. The van der Waals surface area contributed by atoms with Gasteiger partial charge < -0.3 is 5.11 Å². The molecule has 0 saturated heterocycles. The number of rotatable bonds is 4. The highest BCUT2D eigenvalue weighted by atomic mass is 32.1. The van der Waals surface area contributed by atoms with Crippen LogP contribution in [0.15, 0.2) is 5.38 Å². The van der Waals surface area contributed by atoms with Crippen LogP contribution in [0.4, 0.5) is 0 Å². The first-order valence-corrected chi connectivity index (χ1v) is 7.61. The summed E-state index contributed by atoms with van der Waals surface area (Å²) in [6, 6.07) is 0. The summed E-state index contributed by atoms with van der Waals surface area (Å²) in [5.41, 5.74) is 1.19. The highest BCUT2D eigenvalue weighted by Crippen LogP contribution is 2.36. The Morgan fingerprint density at radius 1 is 1.44 bits per heavy atom. The molecule has 0 radical (unpaired) electrons. The first-order valence-electron chi connectivity index (χ1n) is 6.73. The number of thiazole rings is 1. The normalized spacial score (nSPS) is 24.4. The molecule has 1 N–H and O–H groups in total. The molecule has 0 aromatic carbocycles. The van der Waals surface area contributed by atoms with Crippen molar-refractivity contribution >= 4 is 17.3 Å². The molecule has 1 fully saturated rings. The molecule has 0 bridgehead atoms. The maximum Gasteiger partial charge on any atom is 0.306 e. The number of carboxylic acids is 1. The first-order chi connectivity index (χ1) is 8.56. The Bertz CT molecular complexity index is 406. The number of aromatic nitrogens is 1. The average Bonchev–Trinajstić information content (AvgIpc) is 2.76. The summed E-state index contributed by atoms with van der Waals surface area (Å²) in [6.07, 6.45) is 4.60. The average molecular weight is 267 g/mol. The molecule has 1 aromatic heterocycles. The number of hydrogen-bond donors (Lipinski definition) is 1. The highest BCUT2D eigenvalue weighted by Gasteiger charge is 2.27. The van der Waals surface area contributed by atoms with Gasteiger partial charge in [0.05, 0.1) is 16.6 Å². The molecule has 18 heavy (non-hydrogen) atoms. The minimum atomic E-state index is -0.632. The zero-order valence-electron chi connectivity index (χ0n) is 11.1. The Morgan fingerprint density at radius 3 is 2.67 bits per heavy atom. The van der Waals surface area contributed by atoms with Gasteiger partial charge in [0.15, 0.2) is 0 Å². The standard InChI is InChI=1S/C14H21NO2S/c1-9(2)7-13-15-12(8-18-13)10-3-5-11(6-4-10)14(16)17/h8-11H,3-7H2,1-2H3,(H,16,17). The van der Waals surface area contributed by atoms with Crippen LogP contribution in [0.3, 0.4) is 0 Å². The van der Waals surface area contributed by atoms with Crippen molar-refractivity contribution in [2.24, 2.45) is 11.8 Å². The molecule has 0 spiro atoms. The van der Waals surface area contributed by atoms with Crippen molar-refractivity contribution in [3.63, 3.8) is 0 Å². The second-order valence-electron chi connectivity index (χ2n) is 5.65. The predicted octanol–water partition coefficient (Wildman–Crippen LogP) is 3.70. The van der Waals surface area contributed by atoms with Crippen molar-refractivity contribution in [3.8, 4) is 0 Å². The van der Waals surface area contributed by atoms with Crippen LogP contribution in [0.25, 0.3) is 0 Å². The lowest BCUT2D eigenvalue weighted by molar-refractivity contribution is -0.142. The maximum atomic E-state index is 10.9. The van der Waals surface area contributed by atoms with Crippen LogP contribution in [0, 0.1) is 11.8 Å². The molecular weight excluding hydrogens is 246 g/mol. The quantitative estimate of drug-likeness (QED) is 0.905. The lowest BCUT2D eigenvalue weighted by Crippen LogP contribution is -2.20. The zero-order valence-corrected chi connectivity index (χ0v) is 11.9. The van der Waals surface area contributed by atoms with E-state index in [4.69, 9.17) is 10.1 Å². The topological polar surface area (TPSA) is 50.2 Å². The second kappa shape index (κ2) is 5.83. The molecule has 1 aliphatic rings. The SMILES string of the molecule is CC(C)Cc1nc(C2CCC(C(=O)O)CC2)cs1. The van der Waals surface area contributed by atoms with Crippen LogP contribution in [0.1, 0.15) is 56.2 Å². The van der Waals surface area contributed by atoms with E-state index in [0.717, 1.165) is 32.1 Å². The molecule has 1 aromatic rings. The summed E-state index contributed by atoms with van der Waals surface area (Å²) in [6.45, 7) is 4.41. The van der Waals surface area contributed by atoms with Crippen LogP contribution < -0.4 is 0 Å². The van der Waals surface area contributed by atoms with Crippen molar-refractivity contribution in [1.82, 2.24) is 4.98 Å². The number of hydrogen-bond acceptors (Lipinski definition) is 3. The van der Waals surface area contributed by atoms with E-state index >= 15 is 0 Å². The van der Waals surface area contributed by atoms with E-state index in [0.29, 0.717) is 11.8 Å². The third kappa shape index (κ3) is 3.31. The molecule has 1 aliphatic carbocycles. The Morgan fingerprint density at radius 2 is 2.11 bits per heavy atom. The van der Waals surface area contributed by atoms with Crippen LogP contribution in [0.5, 0.6) is 0 Å². The Kier molecular flexibility index (Phi) is 4.38. The summed E-state index contributed by atoms with van der Waals surface area (Å²) >= 11 is 1.75. The van der Waals surface area contributed by atoms with Crippen molar-refractivity contribution < 1.29 is 9.90 Å². The molecule has 4 heteroatoms. The van der Waals surface area contributed by atoms with E-state index in [-0.39, 0.29) is 5.92 Å². The molecule has 1 heterocycles. The summed E-state index contributed by atoms with van der Waals surface area (Å²) < 4.78 is 0. The van der Waals surface area contributed by atoms with Gasteiger partial charge in [-0.1, -0.05) is 13.8 Å². The third-order valence-corrected chi connectivity index (χ3v) is 4.54.